The van der Waals surface area contributed by atoms with Crippen molar-refractivity contribution in [2.45, 2.75) is 26.2 Å². The molecule has 52 valence electrons. The quantitative estimate of drug-likeness (QED) is 0.632. The molecule has 8 heavy (non-hydrogen) atoms. The molecule has 0 radical (unpaired) electrons. The third-order valence-electron chi connectivity index (χ3n) is 0.744. The SMILES string of the molecule is CCCCC(=O)O.[Ni]. The molecule has 0 aromatic carbocycles. The number of hydrogen-bond donors (Lipinski definition) is 1. The van der Waals surface area contributed by atoms with Crippen LogP contribution in [0.2, 0.25) is 0 Å². The van der Waals surface area contributed by atoms with Crippen LogP contribution in [0.4, 0.5) is 0 Å². The van der Waals surface area contributed by atoms with E-state index in [4.69, 9.17) is 5.11 Å². The molecular weight excluding hydrogens is 151 g/mol. The second kappa shape index (κ2) is 6.96. The number of carboxylic acids is 1. The Bertz CT molecular complexity index is 63.4. The zero-order valence-corrected chi connectivity index (χ0v) is 5.78. The van der Waals surface area contributed by atoms with Gasteiger partial charge in [0.25, 0.3) is 0 Å². The van der Waals surface area contributed by atoms with E-state index in [0.717, 1.165) is 12.8 Å². The van der Waals surface area contributed by atoms with Crippen LogP contribution in [0.25, 0.3) is 0 Å². The van der Waals surface area contributed by atoms with E-state index in [1.165, 1.54) is 0 Å². The maximum absolute atomic E-state index is 9.76. The van der Waals surface area contributed by atoms with Crippen molar-refractivity contribution < 1.29 is 26.4 Å². The molecule has 0 spiro atoms. The summed E-state index contributed by atoms with van der Waals surface area (Å²) in [5.74, 6) is -0.693. The van der Waals surface area contributed by atoms with Crippen molar-refractivity contribution in [2.24, 2.45) is 0 Å². The topological polar surface area (TPSA) is 37.3 Å². The van der Waals surface area contributed by atoms with Gasteiger partial charge in [-0.05, 0) is 6.42 Å². The van der Waals surface area contributed by atoms with Crippen LogP contribution in [0.15, 0.2) is 0 Å². The fourth-order valence-electron chi connectivity index (χ4n) is 0.328. The van der Waals surface area contributed by atoms with E-state index in [1.807, 2.05) is 6.92 Å². The van der Waals surface area contributed by atoms with E-state index in [2.05, 4.69) is 0 Å². The minimum atomic E-state index is -0.693. The van der Waals surface area contributed by atoms with Crippen LogP contribution < -0.4 is 0 Å². The molecule has 0 saturated carbocycles. The van der Waals surface area contributed by atoms with Gasteiger partial charge < -0.3 is 5.11 Å². The minimum Gasteiger partial charge on any atom is -0.481 e. The van der Waals surface area contributed by atoms with Crippen molar-refractivity contribution >= 4 is 5.97 Å². The van der Waals surface area contributed by atoms with Gasteiger partial charge in [-0.2, -0.15) is 0 Å². The average molecular weight is 161 g/mol. The summed E-state index contributed by atoms with van der Waals surface area (Å²) in [6.07, 6.45) is 2.08. The summed E-state index contributed by atoms with van der Waals surface area (Å²) >= 11 is 0. The number of rotatable bonds is 3. The van der Waals surface area contributed by atoms with Crippen molar-refractivity contribution in [3.8, 4) is 0 Å². The number of carboxylic acid groups (broad SMARTS) is 1. The van der Waals surface area contributed by atoms with E-state index in [9.17, 15) is 4.79 Å². The van der Waals surface area contributed by atoms with Crippen LogP contribution in [-0.2, 0) is 21.3 Å². The Morgan fingerprint density at radius 1 is 1.62 bits per heavy atom. The number of hydrogen-bond acceptors (Lipinski definition) is 1. The van der Waals surface area contributed by atoms with Crippen LogP contribution in [0.5, 0.6) is 0 Å². The van der Waals surface area contributed by atoms with Crippen LogP contribution in [0, 0.1) is 0 Å². The third-order valence-corrected chi connectivity index (χ3v) is 0.744. The molecule has 3 heteroatoms. The Kier molecular flexibility index (Phi) is 9.45. The maximum atomic E-state index is 9.76. The predicted octanol–water partition coefficient (Wildman–Crippen LogP) is 1.26. The Morgan fingerprint density at radius 2 is 2.12 bits per heavy atom. The first-order valence-corrected chi connectivity index (χ1v) is 2.49. The van der Waals surface area contributed by atoms with Crippen LogP contribution in [0.1, 0.15) is 26.2 Å². The number of unbranched alkanes of at least 4 members (excludes halogenated alkanes) is 1. The smallest absolute Gasteiger partial charge is 0.303 e. The van der Waals surface area contributed by atoms with Gasteiger partial charge in [0.1, 0.15) is 0 Å². The molecule has 0 aliphatic rings. The molecule has 0 saturated heterocycles. The normalized spacial score (nSPS) is 7.62. The summed E-state index contributed by atoms with van der Waals surface area (Å²) in [5.41, 5.74) is 0. The summed E-state index contributed by atoms with van der Waals surface area (Å²) < 4.78 is 0. The molecule has 0 bridgehead atoms. The van der Waals surface area contributed by atoms with E-state index in [0.29, 0.717) is 6.42 Å². The van der Waals surface area contributed by atoms with Crippen molar-refractivity contribution in [1.29, 1.82) is 0 Å². The molecule has 0 atom stereocenters. The summed E-state index contributed by atoms with van der Waals surface area (Å²) in [5, 5.41) is 8.04. The molecule has 0 aromatic heterocycles. The van der Waals surface area contributed by atoms with Gasteiger partial charge in [-0.3, -0.25) is 4.79 Å². The predicted molar refractivity (Wildman–Crippen MR) is 27.2 cm³/mol. The van der Waals surface area contributed by atoms with E-state index in [-0.39, 0.29) is 16.5 Å². The van der Waals surface area contributed by atoms with Crippen molar-refractivity contribution in [3.63, 3.8) is 0 Å². The molecule has 0 heterocycles. The Hall–Kier alpha value is -0.0365. The molecule has 0 unspecified atom stereocenters. The number of carbonyl (C=O) groups is 1. The molecule has 0 aromatic rings. The van der Waals surface area contributed by atoms with E-state index in [1.54, 1.807) is 0 Å². The standard InChI is InChI=1S/C5H10O2.Ni/c1-2-3-4-5(6)7;/h2-4H2,1H3,(H,6,7);. The second-order valence-corrected chi connectivity index (χ2v) is 1.50. The van der Waals surface area contributed by atoms with Crippen molar-refractivity contribution in [3.05, 3.63) is 0 Å². The Labute approximate surface area is 59.2 Å². The van der Waals surface area contributed by atoms with Gasteiger partial charge >= 0.3 is 5.97 Å². The van der Waals surface area contributed by atoms with Gasteiger partial charge in [0, 0.05) is 22.9 Å². The molecule has 0 aliphatic carbocycles. The largest absolute Gasteiger partial charge is 0.481 e. The van der Waals surface area contributed by atoms with Gasteiger partial charge in [-0.15, -0.1) is 0 Å². The summed E-state index contributed by atoms with van der Waals surface area (Å²) in [6, 6.07) is 0. The van der Waals surface area contributed by atoms with Gasteiger partial charge in [0.15, 0.2) is 0 Å². The summed E-state index contributed by atoms with van der Waals surface area (Å²) in [4.78, 5) is 9.76. The molecule has 2 nitrogen and oxygen atoms in total. The van der Waals surface area contributed by atoms with Crippen LogP contribution in [-0.4, -0.2) is 11.1 Å². The fourth-order valence-corrected chi connectivity index (χ4v) is 0.328. The first kappa shape index (κ1) is 10.9. The van der Waals surface area contributed by atoms with Crippen molar-refractivity contribution in [2.75, 3.05) is 0 Å². The zero-order valence-electron chi connectivity index (χ0n) is 4.79. The van der Waals surface area contributed by atoms with Crippen LogP contribution >= 0.6 is 0 Å². The molecule has 0 rings (SSSR count). The molecule has 0 amide bonds. The van der Waals surface area contributed by atoms with Crippen molar-refractivity contribution in [1.82, 2.24) is 0 Å². The first-order chi connectivity index (χ1) is 3.27. The second-order valence-electron chi connectivity index (χ2n) is 1.50. The molecule has 1 N–H and O–H groups in total. The Morgan fingerprint density at radius 3 is 2.25 bits per heavy atom. The Balaban J connectivity index is 0. The molecular formula is C5H10NiO2. The number of aliphatic carboxylic acids is 1. The van der Waals surface area contributed by atoms with Gasteiger partial charge in [0.2, 0.25) is 0 Å². The van der Waals surface area contributed by atoms with Gasteiger partial charge in [-0.1, -0.05) is 13.3 Å². The molecule has 0 fully saturated rings. The fraction of sp³-hybridized carbons (Fsp3) is 0.800. The summed E-state index contributed by atoms with van der Waals surface area (Å²) in [7, 11) is 0. The third kappa shape index (κ3) is 9.35. The summed E-state index contributed by atoms with van der Waals surface area (Å²) in [6.45, 7) is 1.98. The average Bonchev–Trinajstić information content (AvgIpc) is 1.61. The monoisotopic (exact) mass is 160 g/mol. The van der Waals surface area contributed by atoms with Gasteiger partial charge in [0.05, 0.1) is 0 Å². The minimum absolute atomic E-state index is 0. The zero-order chi connectivity index (χ0) is 5.70. The van der Waals surface area contributed by atoms with Crippen LogP contribution in [0.3, 0.4) is 0 Å². The van der Waals surface area contributed by atoms with E-state index < -0.39 is 5.97 Å². The molecule has 0 aliphatic heterocycles. The van der Waals surface area contributed by atoms with E-state index >= 15 is 0 Å². The first-order valence-electron chi connectivity index (χ1n) is 2.49. The van der Waals surface area contributed by atoms with Gasteiger partial charge in [-0.25, -0.2) is 0 Å². The maximum Gasteiger partial charge on any atom is 0.303 e.